The Bertz CT molecular complexity index is 895. The number of piperidine rings is 1. The summed E-state index contributed by atoms with van der Waals surface area (Å²) in [6.07, 6.45) is 2.79. The number of nitrogen functional groups attached to an aromatic ring is 1. The number of anilines is 2. The highest BCUT2D eigenvalue weighted by atomic mass is 16.5. The van der Waals surface area contributed by atoms with Crippen molar-refractivity contribution in [2.45, 2.75) is 33.2 Å². The summed E-state index contributed by atoms with van der Waals surface area (Å²) in [5.41, 5.74) is 7.21. The van der Waals surface area contributed by atoms with Crippen molar-refractivity contribution in [3.63, 3.8) is 0 Å². The van der Waals surface area contributed by atoms with E-state index in [1.807, 2.05) is 36.1 Å². The van der Waals surface area contributed by atoms with E-state index in [4.69, 9.17) is 15.2 Å². The second-order valence-electron chi connectivity index (χ2n) is 7.24. The van der Waals surface area contributed by atoms with Crippen LogP contribution in [0.4, 0.5) is 11.8 Å². The van der Waals surface area contributed by atoms with Gasteiger partial charge in [-0.2, -0.15) is 4.98 Å². The van der Waals surface area contributed by atoms with Crippen molar-refractivity contribution in [3.05, 3.63) is 41.6 Å². The minimum absolute atomic E-state index is 0.0961. The maximum atomic E-state index is 12.5. The summed E-state index contributed by atoms with van der Waals surface area (Å²) in [5.74, 6) is 0.795. The van der Waals surface area contributed by atoms with Gasteiger partial charge >= 0.3 is 5.97 Å². The molecule has 2 aromatic rings. The summed E-state index contributed by atoms with van der Waals surface area (Å²) in [6, 6.07) is 7.52. The number of carbonyl (C=O) groups is 2. The molecule has 0 radical (unpaired) electrons. The van der Waals surface area contributed by atoms with Crippen LogP contribution in [-0.4, -0.2) is 48.1 Å². The van der Waals surface area contributed by atoms with Crippen molar-refractivity contribution in [2.24, 2.45) is 5.92 Å². The van der Waals surface area contributed by atoms with Gasteiger partial charge in [-0.3, -0.25) is 9.59 Å². The third-order valence-corrected chi connectivity index (χ3v) is 5.14. The molecule has 1 aliphatic rings. The molecule has 3 rings (SSSR count). The van der Waals surface area contributed by atoms with E-state index in [-0.39, 0.29) is 29.2 Å². The maximum absolute atomic E-state index is 12.5. The van der Waals surface area contributed by atoms with Crippen LogP contribution < -0.4 is 20.7 Å². The molecule has 31 heavy (non-hydrogen) atoms. The van der Waals surface area contributed by atoms with E-state index in [2.05, 4.69) is 15.3 Å². The Morgan fingerprint density at radius 2 is 1.87 bits per heavy atom. The van der Waals surface area contributed by atoms with Gasteiger partial charge in [-0.05, 0) is 44.4 Å². The average molecular weight is 428 g/mol. The van der Waals surface area contributed by atoms with Gasteiger partial charge in [0.15, 0.2) is 0 Å². The van der Waals surface area contributed by atoms with E-state index >= 15 is 0 Å². The Hall–Kier alpha value is -3.36. The zero-order valence-corrected chi connectivity index (χ0v) is 18.0. The van der Waals surface area contributed by atoms with Crippen LogP contribution >= 0.6 is 0 Å². The van der Waals surface area contributed by atoms with Crippen molar-refractivity contribution >= 4 is 23.6 Å². The molecule has 0 bridgehead atoms. The zero-order valence-electron chi connectivity index (χ0n) is 18.0. The molecule has 0 saturated carbocycles. The summed E-state index contributed by atoms with van der Waals surface area (Å²) < 4.78 is 10.5. The number of benzene rings is 1. The normalized spacial score (nSPS) is 14.2. The zero-order chi connectivity index (χ0) is 22.2. The number of carbonyl (C=O) groups excluding carboxylic acids is 2. The van der Waals surface area contributed by atoms with Crippen LogP contribution in [0, 0.1) is 5.92 Å². The van der Waals surface area contributed by atoms with Gasteiger partial charge in [0.2, 0.25) is 5.95 Å². The number of ether oxygens (including phenoxy) is 2. The van der Waals surface area contributed by atoms with E-state index in [0.29, 0.717) is 51.6 Å². The van der Waals surface area contributed by atoms with Gasteiger partial charge in [0.1, 0.15) is 11.6 Å². The smallest absolute Gasteiger partial charge is 0.309 e. The third-order valence-electron chi connectivity index (χ3n) is 5.14. The van der Waals surface area contributed by atoms with E-state index < -0.39 is 0 Å². The molecule has 0 spiro atoms. The first-order chi connectivity index (χ1) is 15.0. The largest absolute Gasteiger partial charge is 0.494 e. The number of aromatic nitrogens is 2. The summed E-state index contributed by atoms with van der Waals surface area (Å²) >= 11 is 0. The molecule has 1 fully saturated rings. The molecule has 3 N–H and O–H groups in total. The fourth-order valence-electron chi connectivity index (χ4n) is 3.44. The molecule has 1 aromatic carbocycles. The molecular weight excluding hydrogens is 398 g/mol. The molecular formula is C22H29N5O4. The van der Waals surface area contributed by atoms with Gasteiger partial charge in [-0.1, -0.05) is 12.1 Å². The van der Waals surface area contributed by atoms with Crippen molar-refractivity contribution in [1.82, 2.24) is 15.3 Å². The maximum Gasteiger partial charge on any atom is 0.309 e. The van der Waals surface area contributed by atoms with E-state index in [1.54, 1.807) is 6.92 Å². The summed E-state index contributed by atoms with van der Waals surface area (Å²) in [6.45, 7) is 6.35. The highest BCUT2D eigenvalue weighted by Crippen LogP contribution is 2.23. The van der Waals surface area contributed by atoms with E-state index in [1.165, 1.54) is 6.20 Å². The molecule has 166 valence electrons. The Labute approximate surface area is 182 Å². The van der Waals surface area contributed by atoms with Gasteiger partial charge in [-0.15, -0.1) is 0 Å². The van der Waals surface area contributed by atoms with Crippen molar-refractivity contribution in [2.75, 3.05) is 36.9 Å². The van der Waals surface area contributed by atoms with Crippen LogP contribution in [0.5, 0.6) is 5.75 Å². The minimum Gasteiger partial charge on any atom is -0.494 e. The fraction of sp³-hybridized carbons (Fsp3) is 0.455. The number of esters is 1. The van der Waals surface area contributed by atoms with Crippen LogP contribution in [0.2, 0.25) is 0 Å². The quantitative estimate of drug-likeness (QED) is 0.615. The molecule has 0 atom stereocenters. The number of hydrogen-bond acceptors (Lipinski definition) is 8. The first-order valence-electron chi connectivity index (χ1n) is 10.6. The van der Waals surface area contributed by atoms with Gasteiger partial charge in [0.25, 0.3) is 5.91 Å². The molecule has 1 aliphatic heterocycles. The van der Waals surface area contributed by atoms with Gasteiger partial charge < -0.3 is 25.4 Å². The number of nitrogens with zero attached hydrogens (tertiary/aromatic N) is 3. The Morgan fingerprint density at radius 1 is 1.16 bits per heavy atom. The van der Waals surface area contributed by atoms with Crippen LogP contribution in [0.3, 0.4) is 0 Å². The minimum atomic E-state index is -0.334. The topological polar surface area (TPSA) is 120 Å². The molecule has 0 aliphatic carbocycles. The summed E-state index contributed by atoms with van der Waals surface area (Å²) in [5, 5.41) is 2.83. The molecule has 9 nitrogen and oxygen atoms in total. The monoisotopic (exact) mass is 427 g/mol. The van der Waals surface area contributed by atoms with Crippen LogP contribution in [-0.2, 0) is 16.1 Å². The lowest BCUT2D eigenvalue weighted by Crippen LogP contribution is -2.38. The van der Waals surface area contributed by atoms with Crippen LogP contribution in [0.1, 0.15) is 42.6 Å². The second-order valence-corrected chi connectivity index (χ2v) is 7.24. The standard InChI is InChI=1S/C22H29N5O4/c1-3-30-17-7-5-15(6-8-17)13-24-20(28)18-14-25-22(26-19(18)23)27-11-9-16(10-12-27)21(29)31-4-2/h5-8,14,16H,3-4,9-13H2,1-2H3,(H,24,28)(H2,23,25,26). The Kier molecular flexibility index (Phi) is 7.64. The Morgan fingerprint density at radius 3 is 2.48 bits per heavy atom. The first-order valence-corrected chi connectivity index (χ1v) is 10.6. The van der Waals surface area contributed by atoms with Crippen molar-refractivity contribution < 1.29 is 19.1 Å². The fourth-order valence-corrected chi connectivity index (χ4v) is 3.44. The lowest BCUT2D eigenvalue weighted by atomic mass is 9.97. The molecule has 1 amide bonds. The Balaban J connectivity index is 1.55. The number of nitrogens with one attached hydrogen (secondary N) is 1. The summed E-state index contributed by atoms with van der Waals surface area (Å²) in [4.78, 5) is 35.0. The highest BCUT2D eigenvalue weighted by molar-refractivity contribution is 5.98. The van der Waals surface area contributed by atoms with Gasteiger partial charge in [-0.25, -0.2) is 4.98 Å². The molecule has 0 unspecified atom stereocenters. The highest BCUT2D eigenvalue weighted by Gasteiger charge is 2.27. The van der Waals surface area contributed by atoms with Gasteiger partial charge in [0, 0.05) is 25.8 Å². The lowest BCUT2D eigenvalue weighted by molar-refractivity contribution is -0.148. The third kappa shape index (κ3) is 5.84. The predicted molar refractivity (Wildman–Crippen MR) is 117 cm³/mol. The molecule has 2 heterocycles. The first kappa shape index (κ1) is 22.3. The molecule has 1 aromatic heterocycles. The number of amides is 1. The van der Waals surface area contributed by atoms with Gasteiger partial charge in [0.05, 0.1) is 24.7 Å². The van der Waals surface area contributed by atoms with Crippen molar-refractivity contribution in [1.29, 1.82) is 0 Å². The number of hydrogen-bond donors (Lipinski definition) is 2. The van der Waals surface area contributed by atoms with Crippen LogP contribution in [0.25, 0.3) is 0 Å². The number of nitrogens with two attached hydrogens (primary N) is 1. The SMILES string of the molecule is CCOC(=O)C1CCN(c2ncc(C(=O)NCc3ccc(OCC)cc3)c(N)n2)CC1. The molecule has 1 saturated heterocycles. The molecule has 9 heteroatoms. The van der Waals surface area contributed by atoms with E-state index in [0.717, 1.165) is 11.3 Å². The van der Waals surface area contributed by atoms with E-state index in [9.17, 15) is 9.59 Å². The average Bonchev–Trinajstić information content (AvgIpc) is 2.79. The van der Waals surface area contributed by atoms with Crippen LogP contribution in [0.15, 0.2) is 30.5 Å². The summed E-state index contributed by atoms with van der Waals surface area (Å²) in [7, 11) is 0. The van der Waals surface area contributed by atoms with Crippen molar-refractivity contribution in [3.8, 4) is 5.75 Å². The predicted octanol–water partition coefficient (Wildman–Crippen LogP) is 2.17. The second kappa shape index (κ2) is 10.6. The number of rotatable bonds is 8. The lowest BCUT2D eigenvalue weighted by Gasteiger charge is -2.30.